The highest BCUT2D eigenvalue weighted by Crippen LogP contribution is 2.31. The maximum absolute atomic E-state index is 12.7. The average Bonchev–Trinajstić information content (AvgIpc) is 3.24. The number of hydrogen-bond donors (Lipinski definition) is 2. The molecular formula is C20H18Cl2N4O3. The lowest BCUT2D eigenvalue weighted by molar-refractivity contribution is 0.0938. The fraction of sp³-hybridized carbons (Fsp3) is 0.250. The van der Waals surface area contributed by atoms with Crippen LogP contribution in [-0.2, 0) is 4.74 Å². The van der Waals surface area contributed by atoms with E-state index < -0.39 is 6.09 Å². The number of rotatable bonds is 4. The van der Waals surface area contributed by atoms with E-state index in [1.54, 1.807) is 24.3 Å². The number of H-pyrrole nitrogens is 1. The Balaban J connectivity index is 1.51. The smallest absolute Gasteiger partial charge is 0.414 e. The van der Waals surface area contributed by atoms with Crippen molar-refractivity contribution in [3.63, 3.8) is 0 Å². The first-order chi connectivity index (χ1) is 13.8. The summed E-state index contributed by atoms with van der Waals surface area (Å²) in [4.78, 5) is 33.7. The van der Waals surface area contributed by atoms with Crippen molar-refractivity contribution >= 4 is 51.9 Å². The zero-order valence-electron chi connectivity index (χ0n) is 15.7. The minimum absolute atomic E-state index is 0.124. The number of fused-ring (bicyclic) bond motifs is 1. The zero-order chi connectivity index (χ0) is 20.7. The molecular weight excluding hydrogens is 415 g/mol. The summed E-state index contributed by atoms with van der Waals surface area (Å²) in [7, 11) is 0. The Morgan fingerprint density at radius 2 is 2.10 bits per heavy atom. The first-order valence-corrected chi connectivity index (χ1v) is 9.80. The number of carbonyl (C=O) groups is 2. The minimum Gasteiger partial charge on any atom is -0.447 e. The normalized spacial score (nSPS) is 17.4. The lowest BCUT2D eigenvalue weighted by atomic mass is 10.1. The van der Waals surface area contributed by atoms with Crippen molar-refractivity contribution in [1.82, 2.24) is 15.3 Å². The number of amides is 2. The Kier molecular flexibility index (Phi) is 5.10. The van der Waals surface area contributed by atoms with Gasteiger partial charge in [-0.2, -0.15) is 0 Å². The number of imidazole rings is 1. The number of hydrogen-bond acceptors (Lipinski definition) is 4. The van der Waals surface area contributed by atoms with Crippen molar-refractivity contribution in [3.8, 4) is 0 Å². The summed E-state index contributed by atoms with van der Waals surface area (Å²) in [5.74, 6) is 0.313. The van der Waals surface area contributed by atoms with Crippen LogP contribution in [0.3, 0.4) is 0 Å². The van der Waals surface area contributed by atoms with Crippen LogP contribution < -0.4 is 10.2 Å². The fourth-order valence-electron chi connectivity index (χ4n) is 3.25. The number of aromatic amines is 1. The molecule has 150 valence electrons. The SMILES string of the molecule is CC1COC(=O)N1c1ccc(C(=O)N[C@@H](C)c2nc3cc(Cl)ccc3[nH]2)cc1Cl. The van der Waals surface area contributed by atoms with Gasteiger partial charge in [0.05, 0.1) is 33.8 Å². The number of halogens is 2. The van der Waals surface area contributed by atoms with Gasteiger partial charge >= 0.3 is 6.09 Å². The summed E-state index contributed by atoms with van der Waals surface area (Å²) in [5, 5.41) is 3.79. The second-order valence-corrected chi connectivity index (χ2v) is 7.78. The van der Waals surface area contributed by atoms with Gasteiger partial charge in [-0.1, -0.05) is 23.2 Å². The van der Waals surface area contributed by atoms with Gasteiger partial charge in [-0.15, -0.1) is 0 Å². The zero-order valence-corrected chi connectivity index (χ0v) is 17.2. The van der Waals surface area contributed by atoms with E-state index in [-0.39, 0.29) is 18.0 Å². The third-order valence-electron chi connectivity index (χ3n) is 4.78. The number of carbonyl (C=O) groups excluding carboxylic acids is 2. The molecule has 7 nitrogen and oxygen atoms in total. The molecule has 1 aliphatic heterocycles. The molecule has 2 N–H and O–H groups in total. The molecule has 4 rings (SSSR count). The molecule has 3 aromatic rings. The van der Waals surface area contributed by atoms with E-state index in [4.69, 9.17) is 27.9 Å². The molecule has 29 heavy (non-hydrogen) atoms. The lowest BCUT2D eigenvalue weighted by Gasteiger charge is -2.20. The first kappa shape index (κ1) is 19.5. The quantitative estimate of drug-likeness (QED) is 0.624. The number of anilines is 1. The van der Waals surface area contributed by atoms with Crippen LogP contribution in [-0.4, -0.2) is 34.6 Å². The van der Waals surface area contributed by atoms with Gasteiger partial charge in [-0.25, -0.2) is 9.78 Å². The molecule has 9 heteroatoms. The van der Waals surface area contributed by atoms with Crippen LogP contribution in [0.1, 0.15) is 36.1 Å². The molecule has 0 aliphatic carbocycles. The molecule has 2 heterocycles. The van der Waals surface area contributed by atoms with Gasteiger partial charge in [0.1, 0.15) is 12.4 Å². The van der Waals surface area contributed by atoms with Gasteiger partial charge in [0.15, 0.2) is 0 Å². The second kappa shape index (κ2) is 7.57. The molecule has 0 saturated carbocycles. The molecule has 0 radical (unpaired) electrons. The van der Waals surface area contributed by atoms with Crippen molar-refractivity contribution in [1.29, 1.82) is 0 Å². The Morgan fingerprint density at radius 3 is 2.79 bits per heavy atom. The van der Waals surface area contributed by atoms with Crippen LogP contribution in [0.15, 0.2) is 36.4 Å². The fourth-order valence-corrected chi connectivity index (χ4v) is 3.69. The third-order valence-corrected chi connectivity index (χ3v) is 5.31. The Morgan fingerprint density at radius 1 is 1.31 bits per heavy atom. The number of nitrogens with one attached hydrogen (secondary N) is 2. The predicted molar refractivity (Wildman–Crippen MR) is 112 cm³/mol. The van der Waals surface area contributed by atoms with E-state index in [1.807, 2.05) is 19.9 Å². The van der Waals surface area contributed by atoms with E-state index >= 15 is 0 Å². The maximum atomic E-state index is 12.7. The van der Waals surface area contributed by atoms with E-state index in [1.165, 1.54) is 11.0 Å². The summed E-state index contributed by atoms with van der Waals surface area (Å²) >= 11 is 12.3. The number of ether oxygens (including phenoxy) is 1. The van der Waals surface area contributed by atoms with Gasteiger partial charge in [0.25, 0.3) is 5.91 Å². The third kappa shape index (κ3) is 3.75. The number of benzene rings is 2. The van der Waals surface area contributed by atoms with Crippen LogP contribution >= 0.6 is 23.2 Å². The van der Waals surface area contributed by atoms with Crippen LogP contribution in [0.5, 0.6) is 0 Å². The van der Waals surface area contributed by atoms with Gasteiger partial charge in [-0.05, 0) is 50.2 Å². The van der Waals surface area contributed by atoms with Gasteiger partial charge < -0.3 is 15.0 Å². The van der Waals surface area contributed by atoms with E-state index in [2.05, 4.69) is 15.3 Å². The average molecular weight is 433 g/mol. The van der Waals surface area contributed by atoms with Gasteiger partial charge in [0.2, 0.25) is 0 Å². The second-order valence-electron chi connectivity index (χ2n) is 6.94. The van der Waals surface area contributed by atoms with Crippen molar-refractivity contribution < 1.29 is 14.3 Å². The molecule has 2 aromatic carbocycles. The van der Waals surface area contributed by atoms with Crippen LogP contribution in [0.25, 0.3) is 11.0 Å². The molecule has 1 saturated heterocycles. The van der Waals surface area contributed by atoms with E-state index in [0.717, 1.165) is 11.0 Å². The molecule has 1 fully saturated rings. The molecule has 1 aromatic heterocycles. The van der Waals surface area contributed by atoms with Crippen molar-refractivity contribution in [2.45, 2.75) is 25.9 Å². The van der Waals surface area contributed by atoms with Crippen molar-refractivity contribution in [3.05, 3.63) is 57.8 Å². The van der Waals surface area contributed by atoms with Crippen LogP contribution in [0.4, 0.5) is 10.5 Å². The Bertz CT molecular complexity index is 1110. The van der Waals surface area contributed by atoms with E-state index in [9.17, 15) is 9.59 Å². The monoisotopic (exact) mass is 432 g/mol. The Labute approximate surface area is 177 Å². The highest BCUT2D eigenvalue weighted by atomic mass is 35.5. The number of nitrogens with zero attached hydrogens (tertiary/aromatic N) is 2. The topological polar surface area (TPSA) is 87.3 Å². The van der Waals surface area contributed by atoms with Gasteiger partial charge in [0, 0.05) is 10.6 Å². The molecule has 1 aliphatic rings. The minimum atomic E-state index is -0.449. The Hall–Kier alpha value is -2.77. The maximum Gasteiger partial charge on any atom is 0.414 e. The summed E-state index contributed by atoms with van der Waals surface area (Å²) < 4.78 is 5.03. The summed E-state index contributed by atoms with van der Waals surface area (Å²) in [6.45, 7) is 4.00. The van der Waals surface area contributed by atoms with Gasteiger partial charge in [-0.3, -0.25) is 9.69 Å². The highest BCUT2D eigenvalue weighted by Gasteiger charge is 2.32. The molecule has 0 spiro atoms. The summed E-state index contributed by atoms with van der Waals surface area (Å²) in [6, 6.07) is 9.70. The van der Waals surface area contributed by atoms with Crippen LogP contribution in [0.2, 0.25) is 10.0 Å². The molecule has 2 atom stereocenters. The van der Waals surface area contributed by atoms with Crippen molar-refractivity contribution in [2.24, 2.45) is 0 Å². The summed E-state index contributed by atoms with van der Waals surface area (Å²) in [5.41, 5.74) is 2.46. The summed E-state index contributed by atoms with van der Waals surface area (Å²) in [6.07, 6.45) is -0.449. The number of aromatic nitrogens is 2. The molecule has 0 bridgehead atoms. The largest absolute Gasteiger partial charge is 0.447 e. The van der Waals surface area contributed by atoms with E-state index in [0.29, 0.717) is 33.7 Å². The first-order valence-electron chi connectivity index (χ1n) is 9.05. The standard InChI is InChI=1S/C20H18Cl2N4O3/c1-10-9-29-20(28)26(10)17-6-3-12(7-14(17)22)19(27)23-11(2)18-24-15-5-4-13(21)8-16(15)25-18/h3-8,10-11H,9H2,1-2H3,(H,23,27)(H,24,25)/t10?,11-/m0/s1. The predicted octanol–water partition coefficient (Wildman–Crippen LogP) is 4.71. The number of cyclic esters (lactones) is 1. The highest BCUT2D eigenvalue weighted by molar-refractivity contribution is 6.34. The molecule has 2 amide bonds. The lowest BCUT2D eigenvalue weighted by Crippen LogP contribution is -2.31. The van der Waals surface area contributed by atoms with Crippen LogP contribution in [0, 0.1) is 0 Å². The molecule has 1 unspecified atom stereocenters. The van der Waals surface area contributed by atoms with Crippen molar-refractivity contribution in [2.75, 3.05) is 11.5 Å².